The largest absolute Gasteiger partial charge is 0.489 e. The molecule has 8 unspecified atom stereocenters. The predicted molar refractivity (Wildman–Crippen MR) is 313 cm³/mol. The number of rotatable bonds is 14. The first-order valence-electron chi connectivity index (χ1n) is 28.8. The second kappa shape index (κ2) is 24.1. The fourth-order valence-corrected chi connectivity index (χ4v) is 13.7. The lowest BCUT2D eigenvalue weighted by molar-refractivity contribution is 0.123. The maximum absolute atomic E-state index is 16.4. The number of hydrogen-bond donors (Lipinski definition) is 0. The number of aryl methyl sites for hydroxylation is 1. The zero-order valence-electron chi connectivity index (χ0n) is 45.2. The smallest absolute Gasteiger partial charge is 0.127 e. The van der Waals surface area contributed by atoms with Gasteiger partial charge in [-0.05, 0) is 179 Å². The summed E-state index contributed by atoms with van der Waals surface area (Å²) in [7, 11) is 0. The summed E-state index contributed by atoms with van der Waals surface area (Å²) in [5, 5.41) is 0. The molecule has 0 fully saturated rings. The Balaban J connectivity index is 0.918. The minimum absolute atomic E-state index is 0.0354. The van der Waals surface area contributed by atoms with Crippen LogP contribution in [0.2, 0.25) is 0 Å². The first-order chi connectivity index (χ1) is 37.8. The molecule has 0 amide bonds. The van der Waals surface area contributed by atoms with Gasteiger partial charge in [-0.25, -0.2) is 8.78 Å². The Morgan fingerprint density at radius 2 is 1.19 bits per heavy atom. The molecule has 8 atom stereocenters. The second-order valence-corrected chi connectivity index (χ2v) is 22.5. The van der Waals surface area contributed by atoms with E-state index >= 15 is 8.78 Å². The summed E-state index contributed by atoms with van der Waals surface area (Å²) in [6, 6.07) is 65.1. The van der Waals surface area contributed by atoms with Gasteiger partial charge in [-0.15, -0.1) is 0 Å². The molecule has 0 spiro atoms. The van der Waals surface area contributed by atoms with Crippen molar-refractivity contribution in [3.8, 4) is 33.8 Å². The number of fused-ring (bicyclic) bond motifs is 5. The Kier molecular flexibility index (Phi) is 16.3. The summed E-state index contributed by atoms with van der Waals surface area (Å²) in [6.45, 7) is 6.97. The maximum Gasteiger partial charge on any atom is 0.127 e. The molecular formula is C73H74F2O2. The first kappa shape index (κ1) is 52.0. The maximum atomic E-state index is 16.4. The molecular weight excluding hydrogens is 947 g/mol. The average molecular weight is 1020 g/mol. The van der Waals surface area contributed by atoms with Crippen LogP contribution in [-0.4, -0.2) is 12.2 Å². The summed E-state index contributed by atoms with van der Waals surface area (Å²) in [5.74, 6) is 2.66. The second-order valence-electron chi connectivity index (χ2n) is 22.5. The molecule has 2 heterocycles. The first-order valence-corrected chi connectivity index (χ1v) is 28.8. The number of allylic oxidation sites excluding steroid dienone is 1. The van der Waals surface area contributed by atoms with Crippen molar-refractivity contribution in [2.75, 3.05) is 0 Å². The molecule has 1 aliphatic carbocycles. The van der Waals surface area contributed by atoms with E-state index in [1.807, 2.05) is 0 Å². The number of hydrogen-bond acceptors (Lipinski definition) is 2. The van der Waals surface area contributed by atoms with Crippen molar-refractivity contribution in [2.45, 2.75) is 122 Å². The van der Waals surface area contributed by atoms with Crippen molar-refractivity contribution in [3.63, 3.8) is 0 Å². The molecule has 8 aromatic rings. The van der Waals surface area contributed by atoms with E-state index in [4.69, 9.17) is 9.47 Å². The highest BCUT2D eigenvalue weighted by molar-refractivity contribution is 5.76. The normalized spacial score (nSPS) is 21.5. The molecule has 0 aromatic heterocycles. The fourth-order valence-electron chi connectivity index (χ4n) is 13.7. The van der Waals surface area contributed by atoms with E-state index in [1.165, 1.54) is 44.5 Å². The Bertz CT molecular complexity index is 3270. The van der Waals surface area contributed by atoms with Crippen LogP contribution >= 0.6 is 0 Å². The van der Waals surface area contributed by atoms with Crippen molar-refractivity contribution >= 4 is 0 Å². The van der Waals surface area contributed by atoms with Gasteiger partial charge in [-0.3, -0.25) is 0 Å². The molecule has 0 bridgehead atoms. The standard InChI is InChI=1S/C73H74F2O2/c1-4-52-41-58-43-60(75)47-70(63(5-2)66-33-18-17-31-64(66)53-27-13-8-14-28-53)73(58)76-61(30-21-26-50-22-9-6-10-23-50)45-55(52)39-38-54-44-62(40-51-24-11-7-12-25-51)77-72-57(37-36-49(54)3)42-59(74)48-71(72)69-46-56-29-15-16-32-65(56)67-34-19-20-35-68(67)69/h6-25,27-35,42-43,47-49,52,54-55,61-63,69H,4-5,26,36-41,44-46H2,1-3H3. The lowest BCUT2D eigenvalue weighted by Gasteiger charge is -2.36. The monoisotopic (exact) mass is 1020 g/mol. The van der Waals surface area contributed by atoms with Crippen LogP contribution in [0.3, 0.4) is 0 Å². The molecule has 4 heteroatoms. The van der Waals surface area contributed by atoms with Crippen LogP contribution in [-0.2, 0) is 32.1 Å². The van der Waals surface area contributed by atoms with Gasteiger partial charge in [0.1, 0.15) is 35.3 Å². The van der Waals surface area contributed by atoms with Crippen molar-refractivity contribution in [2.24, 2.45) is 23.7 Å². The summed E-state index contributed by atoms with van der Waals surface area (Å²) in [6.07, 6.45) is 14.8. The summed E-state index contributed by atoms with van der Waals surface area (Å²) in [4.78, 5) is 0. The molecule has 0 saturated heterocycles. The summed E-state index contributed by atoms with van der Waals surface area (Å²) < 4.78 is 47.7. The van der Waals surface area contributed by atoms with E-state index in [0.29, 0.717) is 23.7 Å². The van der Waals surface area contributed by atoms with Crippen LogP contribution in [0.1, 0.15) is 128 Å². The van der Waals surface area contributed by atoms with Gasteiger partial charge in [0, 0.05) is 29.4 Å². The van der Waals surface area contributed by atoms with Crippen LogP contribution in [0.5, 0.6) is 11.5 Å². The van der Waals surface area contributed by atoms with Gasteiger partial charge in [-0.1, -0.05) is 197 Å². The van der Waals surface area contributed by atoms with Gasteiger partial charge in [-0.2, -0.15) is 0 Å². The van der Waals surface area contributed by atoms with Crippen LogP contribution in [0.15, 0.2) is 200 Å². The third-order valence-electron chi connectivity index (χ3n) is 17.7. The predicted octanol–water partition coefficient (Wildman–Crippen LogP) is 18.7. The molecule has 2 nitrogen and oxygen atoms in total. The van der Waals surface area contributed by atoms with Crippen molar-refractivity contribution in [1.82, 2.24) is 0 Å². The van der Waals surface area contributed by atoms with Gasteiger partial charge in [0.15, 0.2) is 0 Å². The molecule has 77 heavy (non-hydrogen) atoms. The van der Waals surface area contributed by atoms with E-state index in [1.54, 1.807) is 24.3 Å². The Labute approximate surface area is 457 Å². The Morgan fingerprint density at radius 3 is 1.96 bits per heavy atom. The average Bonchev–Trinajstić information content (AvgIpc) is 3.54. The van der Waals surface area contributed by atoms with E-state index < -0.39 is 0 Å². The van der Waals surface area contributed by atoms with E-state index in [0.717, 1.165) is 116 Å². The molecule has 0 radical (unpaired) electrons. The van der Waals surface area contributed by atoms with Crippen LogP contribution in [0.4, 0.5) is 8.78 Å². The third kappa shape index (κ3) is 11.8. The van der Waals surface area contributed by atoms with Crippen LogP contribution in [0, 0.1) is 35.3 Å². The number of ether oxygens (including phenoxy) is 2. The van der Waals surface area contributed by atoms with Gasteiger partial charge in [0.2, 0.25) is 0 Å². The van der Waals surface area contributed by atoms with Gasteiger partial charge >= 0.3 is 0 Å². The lowest BCUT2D eigenvalue weighted by atomic mass is 9.73. The van der Waals surface area contributed by atoms with E-state index in [2.05, 4.69) is 197 Å². The van der Waals surface area contributed by atoms with Gasteiger partial charge in [0.25, 0.3) is 0 Å². The molecule has 11 rings (SSSR count). The highest BCUT2D eigenvalue weighted by Gasteiger charge is 2.36. The van der Waals surface area contributed by atoms with Crippen molar-refractivity contribution in [1.29, 1.82) is 0 Å². The van der Waals surface area contributed by atoms with Crippen molar-refractivity contribution in [3.05, 3.63) is 262 Å². The molecule has 2 aliphatic heterocycles. The quantitative estimate of drug-likeness (QED) is 0.101. The van der Waals surface area contributed by atoms with E-state index in [9.17, 15) is 0 Å². The minimum Gasteiger partial charge on any atom is -0.489 e. The topological polar surface area (TPSA) is 18.5 Å². The third-order valence-corrected chi connectivity index (χ3v) is 17.7. The Morgan fingerprint density at radius 1 is 0.545 bits per heavy atom. The molecule has 392 valence electrons. The zero-order chi connectivity index (χ0) is 52.7. The SMILES string of the molecule is CCC(c1ccccc1-c1ccccc1)c1cc(F)cc2c1OC(C=CCc1ccccc1)CC(CCC1CC(Cc3ccccc3)Oc3c(cc(F)cc3C3Cc4ccccc4-c4ccccc43)CCC1C)C(CC)C2. The molecule has 3 aliphatic rings. The summed E-state index contributed by atoms with van der Waals surface area (Å²) in [5.41, 5.74) is 14.9. The number of benzene rings is 8. The van der Waals surface area contributed by atoms with Gasteiger partial charge < -0.3 is 9.47 Å². The van der Waals surface area contributed by atoms with Crippen molar-refractivity contribution < 1.29 is 18.3 Å². The van der Waals surface area contributed by atoms with Crippen LogP contribution in [0.25, 0.3) is 22.3 Å². The number of halogens is 2. The summed E-state index contributed by atoms with van der Waals surface area (Å²) >= 11 is 0. The highest BCUT2D eigenvalue weighted by Crippen LogP contribution is 2.49. The molecule has 8 aromatic carbocycles. The minimum atomic E-state index is -0.202. The van der Waals surface area contributed by atoms with Crippen LogP contribution < -0.4 is 9.47 Å². The fraction of sp³-hybridized carbons (Fsp3) is 0.315. The molecule has 0 saturated carbocycles. The van der Waals surface area contributed by atoms with E-state index in [-0.39, 0.29) is 35.7 Å². The zero-order valence-corrected chi connectivity index (χ0v) is 45.2. The highest BCUT2D eigenvalue weighted by atomic mass is 19.1. The van der Waals surface area contributed by atoms with Gasteiger partial charge in [0.05, 0.1) is 0 Å². The Hall–Kier alpha value is -7.04. The molecule has 0 N–H and O–H groups in total. The lowest BCUT2D eigenvalue weighted by Crippen LogP contribution is -2.31.